The first-order valence-corrected chi connectivity index (χ1v) is 7.15. The number of rotatable bonds is 3. The van der Waals surface area contributed by atoms with Crippen molar-refractivity contribution < 1.29 is 9.53 Å². The third kappa shape index (κ3) is 2.96. The average molecular weight is 276 g/mol. The molecular weight excluding hydrogens is 256 g/mol. The fraction of sp³-hybridized carbons (Fsp3) is 0.643. The number of hydrogen-bond acceptors (Lipinski definition) is 5. The summed E-state index contributed by atoms with van der Waals surface area (Å²) in [5.74, 6) is -0.190. The Hall–Kier alpha value is -1.53. The van der Waals surface area contributed by atoms with Crippen molar-refractivity contribution in [3.8, 4) is 0 Å². The number of ether oxygens (including phenoxy) is 1. The topological polar surface area (TPSA) is 67.4 Å². The van der Waals surface area contributed by atoms with E-state index in [1.165, 1.54) is 19.0 Å². The molecule has 0 bridgehead atoms. The number of nitrogens with zero attached hydrogens (tertiary/aromatic N) is 3. The second-order valence-corrected chi connectivity index (χ2v) is 5.50. The van der Waals surface area contributed by atoms with E-state index < -0.39 is 0 Å². The predicted octanol–water partition coefficient (Wildman–Crippen LogP) is 0.378. The van der Waals surface area contributed by atoms with Crippen LogP contribution in [0.25, 0.3) is 0 Å². The highest BCUT2D eigenvalue weighted by atomic mass is 16.5. The summed E-state index contributed by atoms with van der Waals surface area (Å²) < 4.78 is 5.80. The highest BCUT2D eigenvalue weighted by Crippen LogP contribution is 2.22. The standard InChI is InChI=1S/C14H20N4O2/c1-10-5-16-13(7-15-10)14(19)17-6-12-8-18-4-2-3-11(18)9-20-12/h5,7,11-12H,2-4,6,8-9H2,1H3,(H,17,19). The Balaban J connectivity index is 1.49. The maximum absolute atomic E-state index is 11.9. The molecule has 0 aliphatic carbocycles. The minimum Gasteiger partial charge on any atom is -0.373 e. The van der Waals surface area contributed by atoms with Gasteiger partial charge in [0.15, 0.2) is 0 Å². The van der Waals surface area contributed by atoms with E-state index in [1.54, 1.807) is 6.20 Å². The number of amides is 1. The summed E-state index contributed by atoms with van der Waals surface area (Å²) in [5, 5.41) is 2.87. The van der Waals surface area contributed by atoms with Gasteiger partial charge in [-0.2, -0.15) is 0 Å². The number of carbonyl (C=O) groups is 1. The van der Waals surface area contributed by atoms with Crippen molar-refractivity contribution in [3.63, 3.8) is 0 Å². The Bertz CT molecular complexity index is 477. The van der Waals surface area contributed by atoms with Gasteiger partial charge in [0, 0.05) is 25.3 Å². The maximum atomic E-state index is 11.9. The Kier molecular flexibility index (Phi) is 3.93. The smallest absolute Gasteiger partial charge is 0.271 e. The number of nitrogens with one attached hydrogen (secondary N) is 1. The van der Waals surface area contributed by atoms with Crippen LogP contribution >= 0.6 is 0 Å². The lowest BCUT2D eigenvalue weighted by Gasteiger charge is -2.35. The highest BCUT2D eigenvalue weighted by molar-refractivity contribution is 5.91. The maximum Gasteiger partial charge on any atom is 0.271 e. The molecule has 3 heterocycles. The van der Waals surface area contributed by atoms with Gasteiger partial charge in [-0.1, -0.05) is 0 Å². The molecule has 0 radical (unpaired) electrons. The number of morpholine rings is 1. The second-order valence-electron chi connectivity index (χ2n) is 5.50. The molecule has 3 rings (SSSR count). The van der Waals surface area contributed by atoms with Crippen LogP contribution in [0.5, 0.6) is 0 Å². The zero-order chi connectivity index (χ0) is 13.9. The number of fused-ring (bicyclic) bond motifs is 1. The minimum atomic E-state index is -0.190. The van der Waals surface area contributed by atoms with E-state index in [4.69, 9.17) is 4.74 Å². The van der Waals surface area contributed by atoms with Crippen LogP contribution in [0, 0.1) is 6.92 Å². The largest absolute Gasteiger partial charge is 0.373 e. The molecule has 1 aromatic heterocycles. The SMILES string of the molecule is Cc1cnc(C(=O)NCC2CN3CCCC3CO2)cn1. The Labute approximate surface area is 118 Å². The van der Waals surface area contributed by atoms with Gasteiger partial charge in [-0.25, -0.2) is 4.98 Å². The van der Waals surface area contributed by atoms with Gasteiger partial charge >= 0.3 is 0 Å². The zero-order valence-corrected chi connectivity index (χ0v) is 11.7. The molecule has 2 saturated heterocycles. The second kappa shape index (κ2) is 5.85. The fourth-order valence-electron chi connectivity index (χ4n) is 2.82. The fourth-order valence-corrected chi connectivity index (χ4v) is 2.82. The van der Waals surface area contributed by atoms with Gasteiger partial charge in [0.25, 0.3) is 5.91 Å². The van der Waals surface area contributed by atoms with Crippen LogP contribution in [-0.4, -0.2) is 59.2 Å². The molecule has 1 aromatic rings. The Morgan fingerprint density at radius 2 is 2.40 bits per heavy atom. The molecule has 6 heteroatoms. The zero-order valence-electron chi connectivity index (χ0n) is 11.7. The molecule has 1 amide bonds. The molecule has 2 fully saturated rings. The lowest BCUT2D eigenvalue weighted by atomic mass is 10.2. The minimum absolute atomic E-state index is 0.0757. The number of aryl methyl sites for hydroxylation is 1. The predicted molar refractivity (Wildman–Crippen MR) is 73.4 cm³/mol. The van der Waals surface area contributed by atoms with Gasteiger partial charge in [0.05, 0.1) is 24.6 Å². The first-order chi connectivity index (χ1) is 9.72. The lowest BCUT2D eigenvalue weighted by molar-refractivity contribution is -0.0462. The van der Waals surface area contributed by atoms with E-state index in [9.17, 15) is 4.79 Å². The van der Waals surface area contributed by atoms with Crippen molar-refractivity contribution >= 4 is 5.91 Å². The van der Waals surface area contributed by atoms with Gasteiger partial charge < -0.3 is 10.1 Å². The van der Waals surface area contributed by atoms with Crippen LogP contribution in [0.3, 0.4) is 0 Å². The van der Waals surface area contributed by atoms with E-state index in [0.29, 0.717) is 18.3 Å². The van der Waals surface area contributed by atoms with Crippen LogP contribution in [0.15, 0.2) is 12.4 Å². The van der Waals surface area contributed by atoms with E-state index >= 15 is 0 Å². The molecule has 2 atom stereocenters. The molecule has 108 valence electrons. The molecule has 2 aliphatic rings. The molecule has 2 aliphatic heterocycles. The quantitative estimate of drug-likeness (QED) is 0.864. The highest BCUT2D eigenvalue weighted by Gasteiger charge is 2.32. The summed E-state index contributed by atoms with van der Waals surface area (Å²) in [7, 11) is 0. The van der Waals surface area contributed by atoms with E-state index in [0.717, 1.165) is 25.4 Å². The molecule has 1 N–H and O–H groups in total. The van der Waals surface area contributed by atoms with E-state index in [2.05, 4.69) is 20.2 Å². The van der Waals surface area contributed by atoms with Crippen molar-refractivity contribution in [2.75, 3.05) is 26.2 Å². The number of hydrogen-bond donors (Lipinski definition) is 1. The van der Waals surface area contributed by atoms with E-state index in [1.807, 2.05) is 6.92 Å². The first-order valence-electron chi connectivity index (χ1n) is 7.15. The van der Waals surface area contributed by atoms with Crippen LogP contribution in [0.2, 0.25) is 0 Å². The van der Waals surface area contributed by atoms with Crippen molar-refractivity contribution in [2.45, 2.75) is 31.9 Å². The average Bonchev–Trinajstić information content (AvgIpc) is 2.93. The van der Waals surface area contributed by atoms with Gasteiger partial charge in [0.2, 0.25) is 0 Å². The van der Waals surface area contributed by atoms with Crippen LogP contribution in [0.1, 0.15) is 29.0 Å². The van der Waals surface area contributed by atoms with Crippen LogP contribution in [0.4, 0.5) is 0 Å². The van der Waals surface area contributed by atoms with Crippen molar-refractivity contribution in [3.05, 3.63) is 23.8 Å². The van der Waals surface area contributed by atoms with E-state index in [-0.39, 0.29) is 12.0 Å². The monoisotopic (exact) mass is 276 g/mol. The van der Waals surface area contributed by atoms with Crippen molar-refractivity contribution in [2.24, 2.45) is 0 Å². The molecule has 0 saturated carbocycles. The summed E-state index contributed by atoms with van der Waals surface area (Å²) in [4.78, 5) is 22.6. The van der Waals surface area contributed by atoms with Crippen molar-refractivity contribution in [1.82, 2.24) is 20.2 Å². The molecular formula is C14H20N4O2. The van der Waals surface area contributed by atoms with Crippen molar-refractivity contribution in [1.29, 1.82) is 0 Å². The van der Waals surface area contributed by atoms with Gasteiger partial charge in [0.1, 0.15) is 5.69 Å². The summed E-state index contributed by atoms with van der Waals surface area (Å²) >= 11 is 0. The third-order valence-corrected chi connectivity index (χ3v) is 3.97. The molecule has 2 unspecified atom stereocenters. The van der Waals surface area contributed by atoms with Gasteiger partial charge in [-0.15, -0.1) is 0 Å². The summed E-state index contributed by atoms with van der Waals surface area (Å²) in [6.07, 6.45) is 5.67. The van der Waals surface area contributed by atoms with Gasteiger partial charge in [-0.05, 0) is 26.3 Å². The molecule has 0 aromatic carbocycles. The Morgan fingerprint density at radius 3 is 3.20 bits per heavy atom. The van der Waals surface area contributed by atoms with Gasteiger partial charge in [-0.3, -0.25) is 14.7 Å². The lowest BCUT2D eigenvalue weighted by Crippen LogP contribution is -2.50. The Morgan fingerprint density at radius 1 is 1.50 bits per heavy atom. The number of carbonyl (C=O) groups excluding carboxylic acids is 1. The third-order valence-electron chi connectivity index (χ3n) is 3.97. The first kappa shape index (κ1) is 13.5. The molecule has 6 nitrogen and oxygen atoms in total. The van der Waals surface area contributed by atoms with Crippen LogP contribution in [-0.2, 0) is 4.74 Å². The summed E-state index contributed by atoms with van der Waals surface area (Å²) in [6, 6.07) is 0.588. The normalized spacial score (nSPS) is 26.2. The summed E-state index contributed by atoms with van der Waals surface area (Å²) in [5.41, 5.74) is 1.16. The number of aromatic nitrogens is 2. The molecule has 20 heavy (non-hydrogen) atoms. The van der Waals surface area contributed by atoms with Crippen LogP contribution < -0.4 is 5.32 Å². The molecule has 0 spiro atoms. The summed E-state index contributed by atoms with van der Waals surface area (Å²) in [6.45, 7) is 5.21.